The average molecular weight is 343 g/mol. The van der Waals surface area contributed by atoms with Crippen molar-refractivity contribution >= 4 is 27.5 Å². The summed E-state index contributed by atoms with van der Waals surface area (Å²) in [5.74, 6) is 1.07. The van der Waals surface area contributed by atoms with Crippen LogP contribution in [0.15, 0.2) is 60.7 Å². The molecular formula is C23H25N3. The quantitative estimate of drug-likeness (QED) is 0.459. The van der Waals surface area contributed by atoms with Crippen LogP contribution in [0.25, 0.3) is 33.2 Å². The summed E-state index contributed by atoms with van der Waals surface area (Å²) in [7, 11) is 0. The average Bonchev–Trinajstić information content (AvgIpc) is 3.05. The van der Waals surface area contributed by atoms with E-state index in [-0.39, 0.29) is 0 Å². The highest BCUT2D eigenvalue weighted by Gasteiger charge is 2.16. The van der Waals surface area contributed by atoms with Crippen molar-refractivity contribution in [2.45, 2.75) is 33.2 Å². The maximum atomic E-state index is 5.10. The molecule has 0 spiro atoms. The molecule has 3 nitrogen and oxygen atoms in total. The van der Waals surface area contributed by atoms with E-state index in [0.29, 0.717) is 0 Å². The van der Waals surface area contributed by atoms with E-state index in [1.807, 2.05) is 0 Å². The maximum Gasteiger partial charge on any atom is 0.141 e. The fraction of sp³-hybridized carbons (Fsp3) is 0.261. The van der Waals surface area contributed by atoms with Gasteiger partial charge < -0.3 is 9.88 Å². The van der Waals surface area contributed by atoms with Crippen molar-refractivity contribution in [3.63, 3.8) is 0 Å². The number of aromatic nitrogens is 2. The summed E-state index contributed by atoms with van der Waals surface area (Å²) in [4.78, 5) is 5.10. The lowest BCUT2D eigenvalue weighted by molar-refractivity contribution is 0.651. The monoisotopic (exact) mass is 343 g/mol. The Bertz CT molecular complexity index is 1040. The van der Waals surface area contributed by atoms with Gasteiger partial charge in [-0.15, -0.1) is 0 Å². The molecule has 4 rings (SSSR count). The number of fused-ring (bicyclic) bond motifs is 2. The number of aryl methyl sites for hydroxylation is 1. The highest BCUT2D eigenvalue weighted by atomic mass is 15.1. The maximum absolute atomic E-state index is 5.10. The molecule has 0 saturated heterocycles. The third-order valence-electron chi connectivity index (χ3n) is 4.91. The number of nitrogens with one attached hydrogen (secondary N) is 1. The van der Waals surface area contributed by atoms with Crippen molar-refractivity contribution in [3.8, 4) is 11.4 Å². The van der Waals surface area contributed by atoms with E-state index in [1.54, 1.807) is 0 Å². The minimum Gasteiger partial charge on any atom is -0.384 e. The lowest BCUT2D eigenvalue weighted by atomic mass is 10.0. The Hall–Kier alpha value is -2.81. The van der Waals surface area contributed by atoms with Crippen LogP contribution in [0.2, 0.25) is 0 Å². The zero-order valence-electron chi connectivity index (χ0n) is 15.5. The molecule has 0 atom stereocenters. The van der Waals surface area contributed by atoms with Gasteiger partial charge in [0.2, 0.25) is 0 Å². The summed E-state index contributed by atoms with van der Waals surface area (Å²) >= 11 is 0. The van der Waals surface area contributed by atoms with Gasteiger partial charge in [-0.2, -0.15) is 0 Å². The summed E-state index contributed by atoms with van der Waals surface area (Å²) in [6.07, 6.45) is 2.32. The zero-order chi connectivity index (χ0) is 17.9. The van der Waals surface area contributed by atoms with E-state index in [4.69, 9.17) is 4.98 Å². The number of nitrogens with zero attached hydrogens (tertiary/aromatic N) is 2. The van der Waals surface area contributed by atoms with E-state index >= 15 is 0 Å². The first kappa shape index (κ1) is 16.6. The molecule has 0 radical (unpaired) electrons. The van der Waals surface area contributed by atoms with Gasteiger partial charge in [0.15, 0.2) is 0 Å². The molecule has 4 aromatic rings. The molecule has 1 aromatic heterocycles. The molecule has 1 N–H and O–H groups in total. The molecule has 26 heavy (non-hydrogen) atoms. The number of unbranched alkanes of at least 4 members (excludes halogenated alkanes) is 1. The second kappa shape index (κ2) is 7.20. The molecule has 132 valence electrons. The van der Waals surface area contributed by atoms with Gasteiger partial charge in [0.25, 0.3) is 0 Å². The summed E-state index contributed by atoms with van der Waals surface area (Å²) in [5, 5.41) is 5.97. The van der Waals surface area contributed by atoms with E-state index in [2.05, 4.69) is 84.4 Å². The van der Waals surface area contributed by atoms with Crippen LogP contribution in [0, 0.1) is 0 Å². The van der Waals surface area contributed by atoms with Crippen molar-refractivity contribution < 1.29 is 0 Å². The van der Waals surface area contributed by atoms with Crippen LogP contribution in [-0.4, -0.2) is 16.1 Å². The Kier molecular flexibility index (Phi) is 4.61. The van der Waals surface area contributed by atoms with Crippen LogP contribution in [-0.2, 0) is 6.54 Å². The molecule has 0 saturated carbocycles. The molecule has 3 aromatic carbocycles. The number of hydrogen-bond acceptors (Lipinski definition) is 2. The van der Waals surface area contributed by atoms with Crippen LogP contribution in [0.5, 0.6) is 0 Å². The van der Waals surface area contributed by atoms with Gasteiger partial charge in [0, 0.05) is 18.7 Å². The van der Waals surface area contributed by atoms with Crippen molar-refractivity contribution in [1.29, 1.82) is 0 Å². The minimum atomic E-state index is 0.893. The minimum absolute atomic E-state index is 0.893. The second-order valence-corrected chi connectivity index (χ2v) is 6.67. The van der Waals surface area contributed by atoms with Crippen LogP contribution >= 0.6 is 0 Å². The third-order valence-corrected chi connectivity index (χ3v) is 4.91. The molecule has 0 aliphatic carbocycles. The normalized spacial score (nSPS) is 11.3. The van der Waals surface area contributed by atoms with Crippen molar-refractivity contribution in [2.75, 3.05) is 11.9 Å². The molecule has 0 fully saturated rings. The Morgan fingerprint density at radius 3 is 2.58 bits per heavy atom. The summed E-state index contributed by atoms with van der Waals surface area (Å²) in [5.41, 5.74) is 4.59. The van der Waals surface area contributed by atoms with Gasteiger partial charge in [0.05, 0.1) is 11.2 Å². The van der Waals surface area contributed by atoms with E-state index in [9.17, 15) is 0 Å². The Morgan fingerprint density at radius 2 is 1.73 bits per heavy atom. The third kappa shape index (κ3) is 2.84. The lowest BCUT2D eigenvalue weighted by Gasteiger charge is -2.11. The second-order valence-electron chi connectivity index (χ2n) is 6.67. The summed E-state index contributed by atoms with van der Waals surface area (Å²) < 4.78 is 2.39. The number of hydrogen-bond donors (Lipinski definition) is 1. The molecule has 0 aliphatic rings. The Morgan fingerprint density at radius 1 is 0.923 bits per heavy atom. The molecule has 1 heterocycles. The lowest BCUT2D eigenvalue weighted by Crippen LogP contribution is -2.01. The highest BCUT2D eigenvalue weighted by molar-refractivity contribution is 5.98. The Balaban J connectivity index is 2.00. The van der Waals surface area contributed by atoms with Crippen LogP contribution < -0.4 is 5.32 Å². The first-order valence-electron chi connectivity index (χ1n) is 9.54. The van der Waals surface area contributed by atoms with Gasteiger partial charge in [-0.25, -0.2) is 4.98 Å². The fourth-order valence-corrected chi connectivity index (χ4v) is 3.65. The predicted molar refractivity (Wildman–Crippen MR) is 112 cm³/mol. The molecule has 0 bridgehead atoms. The highest BCUT2D eigenvalue weighted by Crippen LogP contribution is 2.33. The van der Waals surface area contributed by atoms with Crippen molar-refractivity contribution in [3.05, 3.63) is 60.7 Å². The largest absolute Gasteiger partial charge is 0.384 e. The molecule has 0 aliphatic heterocycles. The number of imidazole rings is 1. The van der Waals surface area contributed by atoms with E-state index in [0.717, 1.165) is 36.5 Å². The van der Waals surface area contributed by atoms with Crippen LogP contribution in [0.3, 0.4) is 0 Å². The van der Waals surface area contributed by atoms with Gasteiger partial charge in [0.1, 0.15) is 11.3 Å². The van der Waals surface area contributed by atoms with Crippen molar-refractivity contribution in [2.24, 2.45) is 0 Å². The summed E-state index contributed by atoms with van der Waals surface area (Å²) in [6.45, 7) is 6.24. The molecular weight excluding hydrogens is 318 g/mol. The summed E-state index contributed by atoms with van der Waals surface area (Å²) in [6, 6.07) is 21.5. The first-order chi connectivity index (χ1) is 12.8. The zero-order valence-corrected chi connectivity index (χ0v) is 15.5. The van der Waals surface area contributed by atoms with Crippen LogP contribution in [0.4, 0.5) is 5.69 Å². The Labute approximate surface area is 154 Å². The number of para-hydroxylation sites is 1. The topological polar surface area (TPSA) is 29.9 Å². The van der Waals surface area contributed by atoms with Crippen molar-refractivity contribution in [1.82, 2.24) is 9.55 Å². The van der Waals surface area contributed by atoms with Crippen LogP contribution in [0.1, 0.15) is 26.7 Å². The van der Waals surface area contributed by atoms with Gasteiger partial charge >= 0.3 is 0 Å². The number of rotatable bonds is 6. The SMILES string of the molecule is CCCCn1c(-c2cccc3ccccc23)nc2c(NCC)cccc21. The smallest absolute Gasteiger partial charge is 0.141 e. The van der Waals surface area contributed by atoms with Gasteiger partial charge in [-0.05, 0) is 36.2 Å². The molecule has 3 heteroatoms. The van der Waals surface area contributed by atoms with E-state index < -0.39 is 0 Å². The van der Waals surface area contributed by atoms with E-state index in [1.165, 1.54) is 28.3 Å². The predicted octanol–water partition coefficient (Wildman–Crippen LogP) is 6.09. The number of benzene rings is 3. The first-order valence-corrected chi connectivity index (χ1v) is 9.54. The number of anilines is 1. The fourth-order valence-electron chi connectivity index (χ4n) is 3.65. The van der Waals surface area contributed by atoms with Gasteiger partial charge in [-0.3, -0.25) is 0 Å². The molecule has 0 amide bonds. The van der Waals surface area contributed by atoms with Gasteiger partial charge in [-0.1, -0.05) is 61.9 Å². The standard InChI is InChI=1S/C23H25N3/c1-3-5-16-26-21-15-9-14-20(24-4-2)22(21)25-23(26)19-13-8-11-17-10-6-7-12-18(17)19/h6-15,24H,3-5,16H2,1-2H3. The molecule has 0 unspecified atom stereocenters.